The van der Waals surface area contributed by atoms with Gasteiger partial charge in [0.05, 0.1) is 6.61 Å². The van der Waals surface area contributed by atoms with Gasteiger partial charge in [0.15, 0.2) is 0 Å². The Morgan fingerprint density at radius 1 is 1.42 bits per heavy atom. The summed E-state index contributed by atoms with van der Waals surface area (Å²) in [6, 6.07) is 6.73. The average molecular weight is 160 g/mol. The lowest BCUT2D eigenvalue weighted by atomic mass is 10.0. The number of hydrogen-bond acceptors (Lipinski definition) is 1. The normalized spacial score (nSPS) is 30.8. The van der Waals surface area contributed by atoms with Gasteiger partial charge in [-0.1, -0.05) is 23.8 Å². The molecule has 1 aliphatic carbocycles. The van der Waals surface area contributed by atoms with E-state index >= 15 is 0 Å². The molecule has 0 radical (unpaired) electrons. The van der Waals surface area contributed by atoms with Gasteiger partial charge in [0.1, 0.15) is 5.60 Å². The maximum Gasteiger partial charge on any atom is 0.117 e. The topological polar surface area (TPSA) is 12.5 Å². The molecule has 0 aromatic heterocycles. The highest BCUT2D eigenvalue weighted by Gasteiger charge is 2.50. The molecule has 1 unspecified atom stereocenters. The lowest BCUT2D eigenvalue weighted by Gasteiger charge is -2.04. The summed E-state index contributed by atoms with van der Waals surface area (Å²) < 4.78 is 5.54. The first-order chi connectivity index (χ1) is 5.80. The molecule has 0 N–H and O–H groups in total. The van der Waals surface area contributed by atoms with Crippen LogP contribution in [0.15, 0.2) is 18.2 Å². The van der Waals surface area contributed by atoms with Crippen LogP contribution in [0.2, 0.25) is 0 Å². The molecule has 1 atom stereocenters. The third kappa shape index (κ3) is 0.721. The van der Waals surface area contributed by atoms with E-state index in [1.807, 2.05) is 0 Å². The van der Waals surface area contributed by atoms with Crippen LogP contribution in [0, 0.1) is 6.92 Å². The molecule has 1 heteroatoms. The van der Waals surface area contributed by atoms with Crippen LogP contribution in [-0.4, -0.2) is 6.61 Å². The fourth-order valence-electron chi connectivity index (χ4n) is 2.19. The Hall–Kier alpha value is -0.820. The van der Waals surface area contributed by atoms with Crippen molar-refractivity contribution in [2.24, 2.45) is 0 Å². The molecule has 62 valence electrons. The summed E-state index contributed by atoms with van der Waals surface area (Å²) in [6.07, 6.45) is 2.40. The van der Waals surface area contributed by atoms with Crippen LogP contribution < -0.4 is 0 Å². The van der Waals surface area contributed by atoms with Gasteiger partial charge in [-0.3, -0.25) is 0 Å². The van der Waals surface area contributed by atoms with E-state index in [9.17, 15) is 0 Å². The van der Waals surface area contributed by atoms with Crippen LogP contribution in [0.3, 0.4) is 0 Å². The zero-order valence-corrected chi connectivity index (χ0v) is 7.26. The van der Waals surface area contributed by atoms with Crippen LogP contribution in [0.1, 0.15) is 23.1 Å². The van der Waals surface area contributed by atoms with Crippen molar-refractivity contribution in [3.05, 3.63) is 34.9 Å². The fourth-order valence-corrected chi connectivity index (χ4v) is 2.19. The zero-order valence-electron chi connectivity index (χ0n) is 7.26. The van der Waals surface area contributed by atoms with Crippen molar-refractivity contribution in [2.45, 2.75) is 25.4 Å². The van der Waals surface area contributed by atoms with Crippen LogP contribution in [0.25, 0.3) is 0 Å². The number of hydrogen-bond donors (Lipinski definition) is 0. The smallest absolute Gasteiger partial charge is 0.117 e. The van der Waals surface area contributed by atoms with Crippen molar-refractivity contribution in [1.29, 1.82) is 0 Å². The van der Waals surface area contributed by atoms with E-state index in [1.165, 1.54) is 29.5 Å². The predicted octanol–water partition coefficient (Wildman–Crippen LogP) is 2.17. The molecule has 0 amide bonds. The van der Waals surface area contributed by atoms with E-state index < -0.39 is 0 Å². The number of rotatable bonds is 0. The van der Waals surface area contributed by atoms with Crippen molar-refractivity contribution < 1.29 is 4.74 Å². The quantitative estimate of drug-likeness (QED) is 0.530. The standard InChI is InChI=1S/C11H12O/c1-8-2-3-9-4-5-11(7-12-11)10(9)6-8/h2-3,6H,4-5,7H2,1H3. The summed E-state index contributed by atoms with van der Waals surface area (Å²) in [5, 5.41) is 0. The fraction of sp³-hybridized carbons (Fsp3) is 0.455. The van der Waals surface area contributed by atoms with Gasteiger partial charge in [-0.2, -0.15) is 0 Å². The van der Waals surface area contributed by atoms with Crippen LogP contribution in [0.5, 0.6) is 0 Å². The number of aryl methyl sites for hydroxylation is 2. The lowest BCUT2D eigenvalue weighted by molar-refractivity contribution is 0.308. The number of benzene rings is 1. The second kappa shape index (κ2) is 1.91. The SMILES string of the molecule is Cc1ccc2c(c1)C1(CC2)CO1. The van der Waals surface area contributed by atoms with Crippen molar-refractivity contribution in [2.75, 3.05) is 6.61 Å². The monoisotopic (exact) mass is 160 g/mol. The summed E-state index contributed by atoms with van der Waals surface area (Å²) in [5.41, 5.74) is 4.48. The van der Waals surface area contributed by atoms with Gasteiger partial charge in [-0.25, -0.2) is 0 Å². The van der Waals surface area contributed by atoms with Crippen molar-refractivity contribution >= 4 is 0 Å². The molecule has 1 aromatic rings. The molecule has 1 nitrogen and oxygen atoms in total. The van der Waals surface area contributed by atoms with Gasteiger partial charge >= 0.3 is 0 Å². The van der Waals surface area contributed by atoms with Crippen LogP contribution in [-0.2, 0) is 16.8 Å². The molecule has 2 aliphatic rings. The molecular formula is C11H12O. The number of ether oxygens (including phenoxy) is 1. The van der Waals surface area contributed by atoms with E-state index in [0.29, 0.717) is 0 Å². The lowest BCUT2D eigenvalue weighted by Crippen LogP contribution is -2.01. The molecule has 1 aromatic carbocycles. The van der Waals surface area contributed by atoms with Gasteiger partial charge in [0.2, 0.25) is 0 Å². The second-order valence-corrected chi connectivity index (χ2v) is 3.94. The largest absolute Gasteiger partial charge is 0.364 e. The van der Waals surface area contributed by atoms with E-state index in [0.717, 1.165) is 6.61 Å². The van der Waals surface area contributed by atoms with E-state index in [1.54, 1.807) is 0 Å². The first kappa shape index (κ1) is 6.67. The zero-order chi connectivity index (χ0) is 8.18. The molecule has 0 bridgehead atoms. The molecule has 0 saturated carbocycles. The Kier molecular flexibility index (Phi) is 1.06. The van der Waals surface area contributed by atoms with E-state index in [4.69, 9.17) is 4.74 Å². The number of fused-ring (bicyclic) bond motifs is 2. The van der Waals surface area contributed by atoms with Crippen molar-refractivity contribution in [1.82, 2.24) is 0 Å². The summed E-state index contributed by atoms with van der Waals surface area (Å²) >= 11 is 0. The molecule has 1 fully saturated rings. The Balaban J connectivity index is 2.20. The highest BCUT2D eigenvalue weighted by Crippen LogP contribution is 2.49. The molecular weight excluding hydrogens is 148 g/mol. The minimum absolute atomic E-state index is 0.168. The maximum absolute atomic E-state index is 5.54. The van der Waals surface area contributed by atoms with Crippen molar-refractivity contribution in [3.8, 4) is 0 Å². The molecule has 1 aliphatic heterocycles. The molecule has 3 rings (SSSR count). The molecule has 1 heterocycles. The summed E-state index contributed by atoms with van der Waals surface area (Å²) in [7, 11) is 0. The molecule has 1 saturated heterocycles. The minimum atomic E-state index is 0.168. The third-order valence-electron chi connectivity index (χ3n) is 3.05. The van der Waals surface area contributed by atoms with Crippen LogP contribution >= 0.6 is 0 Å². The Morgan fingerprint density at radius 2 is 2.25 bits per heavy atom. The summed E-state index contributed by atoms with van der Waals surface area (Å²) in [5.74, 6) is 0. The average Bonchev–Trinajstić information content (AvgIpc) is 2.74. The predicted molar refractivity (Wildman–Crippen MR) is 47.1 cm³/mol. The van der Waals surface area contributed by atoms with Gasteiger partial charge < -0.3 is 4.74 Å². The van der Waals surface area contributed by atoms with E-state index in [-0.39, 0.29) is 5.60 Å². The highest BCUT2D eigenvalue weighted by molar-refractivity contribution is 5.42. The maximum atomic E-state index is 5.54. The molecule has 12 heavy (non-hydrogen) atoms. The first-order valence-corrected chi connectivity index (χ1v) is 4.54. The Labute approximate surface area is 72.4 Å². The highest BCUT2D eigenvalue weighted by atomic mass is 16.6. The Morgan fingerprint density at radius 3 is 3.00 bits per heavy atom. The molecule has 1 spiro atoms. The second-order valence-electron chi connectivity index (χ2n) is 3.94. The minimum Gasteiger partial charge on any atom is -0.364 e. The summed E-state index contributed by atoms with van der Waals surface area (Å²) in [4.78, 5) is 0. The van der Waals surface area contributed by atoms with Gasteiger partial charge in [-0.15, -0.1) is 0 Å². The van der Waals surface area contributed by atoms with Gasteiger partial charge in [-0.05, 0) is 30.9 Å². The summed E-state index contributed by atoms with van der Waals surface area (Å²) in [6.45, 7) is 3.10. The van der Waals surface area contributed by atoms with Gasteiger partial charge in [0.25, 0.3) is 0 Å². The number of epoxide rings is 1. The first-order valence-electron chi connectivity index (χ1n) is 4.54. The van der Waals surface area contributed by atoms with E-state index in [2.05, 4.69) is 25.1 Å². The van der Waals surface area contributed by atoms with Crippen LogP contribution in [0.4, 0.5) is 0 Å². The third-order valence-corrected chi connectivity index (χ3v) is 3.05. The Bertz CT molecular complexity index is 337. The van der Waals surface area contributed by atoms with Crippen molar-refractivity contribution in [3.63, 3.8) is 0 Å². The van der Waals surface area contributed by atoms with Gasteiger partial charge in [0, 0.05) is 0 Å².